The molecule has 2 rings (SSSR count). The maximum Gasteiger partial charge on any atom is 0.341 e. The molecule has 1 aromatic rings. The lowest BCUT2D eigenvalue weighted by Gasteiger charge is -2.30. The lowest BCUT2D eigenvalue weighted by atomic mass is 10.2. The van der Waals surface area contributed by atoms with E-state index in [2.05, 4.69) is 17.5 Å². The van der Waals surface area contributed by atoms with E-state index < -0.39 is 0 Å². The van der Waals surface area contributed by atoms with E-state index in [1.54, 1.807) is 18.3 Å². The highest BCUT2D eigenvalue weighted by Crippen LogP contribution is 2.20. The molecule has 1 aromatic heterocycles. The van der Waals surface area contributed by atoms with Crippen LogP contribution in [0.4, 0.5) is 10.6 Å². The summed E-state index contributed by atoms with van der Waals surface area (Å²) >= 11 is 0. The van der Waals surface area contributed by atoms with E-state index in [4.69, 9.17) is 4.84 Å². The lowest BCUT2D eigenvalue weighted by Crippen LogP contribution is -2.51. The molecule has 0 fully saturated rings. The number of hydrogen-bond acceptors (Lipinski definition) is 4. The van der Waals surface area contributed by atoms with Crippen molar-refractivity contribution in [2.75, 3.05) is 18.5 Å². The Hall–Kier alpha value is -1.60. The molecule has 1 aliphatic rings. The first-order chi connectivity index (χ1) is 9.65. The first-order valence-electron chi connectivity index (χ1n) is 7.08. The predicted octanol–water partition coefficient (Wildman–Crippen LogP) is 1.81. The third-order valence-electron chi connectivity index (χ3n) is 3.49. The second kappa shape index (κ2) is 6.71. The Balaban J connectivity index is 2.03. The zero-order chi connectivity index (χ0) is 14.5. The number of unbranched alkanes of at least 4 members (excludes halogenated alkanes) is 3. The van der Waals surface area contributed by atoms with Crippen molar-refractivity contribution in [3.05, 3.63) is 12.0 Å². The Morgan fingerprint density at radius 3 is 2.90 bits per heavy atom. The number of amides is 2. The number of carbonyl (C=O) groups is 1. The molecular weight excluding hydrogens is 258 g/mol. The number of imidazole rings is 1. The molecule has 1 aliphatic heterocycles. The molecule has 1 N–H and O–H groups in total. The van der Waals surface area contributed by atoms with Crippen molar-refractivity contribution in [1.29, 1.82) is 0 Å². The summed E-state index contributed by atoms with van der Waals surface area (Å²) in [6.07, 6.45) is 6.12. The summed E-state index contributed by atoms with van der Waals surface area (Å²) in [5.74, 6) is 0.651. The van der Waals surface area contributed by atoms with Gasteiger partial charge in [0.15, 0.2) is 5.82 Å². The fraction of sp³-hybridized carbons (Fsp3) is 0.692. The van der Waals surface area contributed by atoms with Gasteiger partial charge in [-0.25, -0.2) is 14.8 Å². The highest BCUT2D eigenvalue weighted by atomic mass is 16.7. The standard InChI is InChI=1S/C13H23N5O2/c1-4-5-6-7-8-18-13(19)17(3)12-11(9-20-15-18)16(2)10-14-12/h10,15H,4-9H2,1-3H3. The Bertz CT molecular complexity index is 460. The Morgan fingerprint density at radius 1 is 1.35 bits per heavy atom. The van der Waals surface area contributed by atoms with Crippen LogP contribution in [0.15, 0.2) is 6.33 Å². The van der Waals surface area contributed by atoms with Crippen LogP contribution in [0.1, 0.15) is 38.3 Å². The van der Waals surface area contributed by atoms with Crippen LogP contribution in [0.5, 0.6) is 0 Å². The number of hydrazine groups is 1. The molecular formula is C13H23N5O2. The van der Waals surface area contributed by atoms with Crippen LogP contribution in [0.3, 0.4) is 0 Å². The molecule has 0 saturated heterocycles. The molecule has 20 heavy (non-hydrogen) atoms. The molecule has 0 aromatic carbocycles. The maximum absolute atomic E-state index is 12.4. The van der Waals surface area contributed by atoms with Gasteiger partial charge in [-0.2, -0.15) is 0 Å². The second-order valence-electron chi connectivity index (χ2n) is 5.06. The fourth-order valence-electron chi connectivity index (χ4n) is 2.22. The van der Waals surface area contributed by atoms with Gasteiger partial charge in [-0.15, -0.1) is 5.59 Å². The molecule has 2 amide bonds. The number of carbonyl (C=O) groups excluding carboxylic acids is 1. The van der Waals surface area contributed by atoms with Crippen LogP contribution >= 0.6 is 0 Å². The average molecular weight is 281 g/mol. The molecule has 0 saturated carbocycles. The smallest absolute Gasteiger partial charge is 0.334 e. The van der Waals surface area contributed by atoms with Crippen LogP contribution in [-0.2, 0) is 18.5 Å². The van der Waals surface area contributed by atoms with Crippen molar-refractivity contribution in [1.82, 2.24) is 20.1 Å². The third kappa shape index (κ3) is 3.10. The summed E-state index contributed by atoms with van der Waals surface area (Å²) in [5.41, 5.74) is 3.61. The number of nitrogens with zero attached hydrogens (tertiary/aromatic N) is 4. The normalized spacial score (nSPS) is 16.1. The van der Waals surface area contributed by atoms with Crippen LogP contribution in [0.25, 0.3) is 0 Å². The van der Waals surface area contributed by atoms with E-state index in [-0.39, 0.29) is 6.03 Å². The molecule has 0 radical (unpaired) electrons. The summed E-state index contributed by atoms with van der Waals surface area (Å²) in [6.45, 7) is 3.17. The van der Waals surface area contributed by atoms with Gasteiger partial charge in [0.05, 0.1) is 12.0 Å². The van der Waals surface area contributed by atoms with Gasteiger partial charge >= 0.3 is 6.03 Å². The Kier molecular flexibility index (Phi) is 4.97. The van der Waals surface area contributed by atoms with Gasteiger partial charge in [0.25, 0.3) is 0 Å². The molecule has 0 bridgehead atoms. The van der Waals surface area contributed by atoms with Crippen LogP contribution in [-0.4, -0.2) is 34.2 Å². The summed E-state index contributed by atoms with van der Waals surface area (Å²) in [5, 5.41) is 1.51. The number of anilines is 1. The number of rotatable bonds is 5. The van der Waals surface area contributed by atoms with Crippen molar-refractivity contribution < 1.29 is 9.63 Å². The SMILES string of the molecule is CCCCCCN1NOCc2c(ncn2C)N(C)C1=O. The zero-order valence-electron chi connectivity index (χ0n) is 12.4. The quantitative estimate of drug-likeness (QED) is 0.836. The van der Waals surface area contributed by atoms with Gasteiger partial charge in [0, 0.05) is 20.6 Å². The Morgan fingerprint density at radius 2 is 2.15 bits per heavy atom. The molecule has 0 spiro atoms. The Labute approximate surface area is 119 Å². The largest absolute Gasteiger partial charge is 0.341 e. The molecule has 7 heteroatoms. The van der Waals surface area contributed by atoms with Crippen molar-refractivity contribution >= 4 is 11.8 Å². The molecule has 2 heterocycles. The molecule has 0 atom stereocenters. The van der Waals surface area contributed by atoms with E-state index in [9.17, 15) is 4.79 Å². The first kappa shape index (κ1) is 14.8. The van der Waals surface area contributed by atoms with Crippen molar-refractivity contribution in [2.24, 2.45) is 7.05 Å². The van der Waals surface area contributed by atoms with E-state index in [0.717, 1.165) is 18.5 Å². The minimum absolute atomic E-state index is 0.152. The van der Waals surface area contributed by atoms with Crippen molar-refractivity contribution in [3.8, 4) is 0 Å². The van der Waals surface area contributed by atoms with Gasteiger partial charge in [0.1, 0.15) is 6.61 Å². The number of urea groups is 1. The summed E-state index contributed by atoms with van der Waals surface area (Å²) in [4.78, 5) is 23.6. The minimum Gasteiger partial charge on any atom is -0.334 e. The zero-order valence-corrected chi connectivity index (χ0v) is 12.4. The summed E-state index contributed by atoms with van der Waals surface area (Å²) in [7, 11) is 3.62. The third-order valence-corrected chi connectivity index (χ3v) is 3.49. The highest BCUT2D eigenvalue weighted by molar-refractivity contribution is 5.90. The highest BCUT2D eigenvalue weighted by Gasteiger charge is 2.26. The van der Waals surface area contributed by atoms with E-state index in [1.165, 1.54) is 17.9 Å². The molecule has 7 nitrogen and oxygen atoms in total. The van der Waals surface area contributed by atoms with Gasteiger partial charge in [-0.05, 0) is 6.42 Å². The van der Waals surface area contributed by atoms with Crippen LogP contribution in [0.2, 0.25) is 0 Å². The minimum atomic E-state index is -0.152. The molecule has 112 valence electrons. The maximum atomic E-state index is 12.4. The monoisotopic (exact) mass is 281 g/mol. The van der Waals surface area contributed by atoms with E-state index in [0.29, 0.717) is 19.0 Å². The number of nitrogens with one attached hydrogen (secondary N) is 1. The summed E-state index contributed by atoms with van der Waals surface area (Å²) in [6, 6.07) is -0.152. The fourth-order valence-corrected chi connectivity index (χ4v) is 2.22. The van der Waals surface area contributed by atoms with Crippen LogP contribution in [0, 0.1) is 0 Å². The van der Waals surface area contributed by atoms with Gasteiger partial charge in [-0.3, -0.25) is 9.74 Å². The number of fused-ring (bicyclic) bond motifs is 1. The molecule has 0 aliphatic carbocycles. The first-order valence-corrected chi connectivity index (χ1v) is 7.08. The number of hydrogen-bond donors (Lipinski definition) is 1. The van der Waals surface area contributed by atoms with Gasteiger partial charge in [0.2, 0.25) is 0 Å². The topological polar surface area (TPSA) is 62.6 Å². The number of aryl methyl sites for hydroxylation is 1. The van der Waals surface area contributed by atoms with Crippen LogP contribution < -0.4 is 10.5 Å². The predicted molar refractivity (Wildman–Crippen MR) is 75.8 cm³/mol. The average Bonchev–Trinajstić information content (AvgIpc) is 2.80. The van der Waals surface area contributed by atoms with Crippen molar-refractivity contribution in [3.63, 3.8) is 0 Å². The number of aromatic nitrogens is 2. The van der Waals surface area contributed by atoms with Crippen molar-refractivity contribution in [2.45, 2.75) is 39.2 Å². The van der Waals surface area contributed by atoms with Gasteiger partial charge < -0.3 is 4.57 Å². The summed E-state index contributed by atoms with van der Waals surface area (Å²) < 4.78 is 1.86. The molecule has 0 unspecified atom stereocenters. The second-order valence-corrected chi connectivity index (χ2v) is 5.06. The lowest BCUT2D eigenvalue weighted by molar-refractivity contribution is -0.0727. The van der Waals surface area contributed by atoms with E-state index >= 15 is 0 Å². The van der Waals surface area contributed by atoms with E-state index in [1.807, 2.05) is 11.6 Å². The van der Waals surface area contributed by atoms with Gasteiger partial charge in [-0.1, -0.05) is 26.2 Å².